The molecule has 6 heteroatoms. The van der Waals surface area contributed by atoms with Crippen molar-refractivity contribution in [3.8, 4) is 5.75 Å². The number of nitrogens with zero attached hydrogens (tertiary/aromatic N) is 1. The minimum atomic E-state index is -0.363. The smallest absolute Gasteiger partial charge is 0.178 e. The van der Waals surface area contributed by atoms with Crippen LogP contribution < -0.4 is 4.74 Å². The van der Waals surface area contributed by atoms with Gasteiger partial charge in [0.1, 0.15) is 0 Å². The highest BCUT2D eigenvalue weighted by atomic mass is 32.2. The molecule has 2 heterocycles. The molecule has 1 aliphatic rings. The fraction of sp³-hybridized carbons (Fsp3) is 0.462. The summed E-state index contributed by atoms with van der Waals surface area (Å²) >= 11 is 7.37. The first-order valence-corrected chi connectivity index (χ1v) is 7.82. The van der Waals surface area contributed by atoms with Crippen molar-refractivity contribution in [2.75, 3.05) is 18.6 Å². The maximum absolute atomic E-state index is 13.7. The van der Waals surface area contributed by atoms with Crippen LogP contribution in [0.15, 0.2) is 12.1 Å². The number of nitrogens with one attached hydrogen (secondary N) is 1. The Bertz CT molecular complexity index is 658. The second-order valence-electron chi connectivity index (χ2n) is 4.65. The molecule has 1 fully saturated rings. The SMILES string of the molecule is COc1cc2c(cc1F)[nH]c(=S)n2C1CCSCC1. The summed E-state index contributed by atoms with van der Waals surface area (Å²) < 4.78 is 21.6. The van der Waals surface area contributed by atoms with E-state index in [9.17, 15) is 4.39 Å². The Balaban J connectivity index is 2.17. The molecule has 0 amide bonds. The van der Waals surface area contributed by atoms with Gasteiger partial charge in [0.25, 0.3) is 0 Å². The molecule has 1 N–H and O–H groups in total. The number of hydrogen-bond acceptors (Lipinski definition) is 3. The number of rotatable bonds is 2. The van der Waals surface area contributed by atoms with Gasteiger partial charge in [-0.05, 0) is 36.6 Å². The molecule has 0 saturated carbocycles. The third kappa shape index (κ3) is 2.27. The van der Waals surface area contributed by atoms with Gasteiger partial charge in [0, 0.05) is 18.2 Å². The topological polar surface area (TPSA) is 29.9 Å². The number of hydrogen-bond donors (Lipinski definition) is 1. The van der Waals surface area contributed by atoms with Crippen molar-refractivity contribution in [3.63, 3.8) is 0 Å². The molecule has 2 aromatic rings. The summed E-state index contributed by atoms with van der Waals surface area (Å²) in [5.41, 5.74) is 1.67. The largest absolute Gasteiger partial charge is 0.494 e. The van der Waals surface area contributed by atoms with Gasteiger partial charge in [-0.25, -0.2) is 4.39 Å². The third-order valence-electron chi connectivity index (χ3n) is 3.55. The highest BCUT2D eigenvalue weighted by molar-refractivity contribution is 7.99. The van der Waals surface area contributed by atoms with Gasteiger partial charge >= 0.3 is 0 Å². The molecule has 1 aromatic carbocycles. The minimum absolute atomic E-state index is 0.264. The molecule has 0 atom stereocenters. The molecule has 19 heavy (non-hydrogen) atoms. The van der Waals surface area contributed by atoms with E-state index in [0.717, 1.165) is 35.4 Å². The molecule has 3 rings (SSSR count). The van der Waals surface area contributed by atoms with Crippen molar-refractivity contribution >= 4 is 35.0 Å². The van der Waals surface area contributed by atoms with E-state index < -0.39 is 0 Å². The second-order valence-corrected chi connectivity index (χ2v) is 6.26. The molecule has 0 spiro atoms. The summed E-state index contributed by atoms with van der Waals surface area (Å²) in [6, 6.07) is 3.59. The monoisotopic (exact) mass is 298 g/mol. The van der Waals surface area contributed by atoms with Crippen LogP contribution in [0.4, 0.5) is 4.39 Å². The average molecular weight is 298 g/mol. The van der Waals surface area contributed by atoms with Gasteiger partial charge < -0.3 is 14.3 Å². The first-order chi connectivity index (χ1) is 9.20. The number of aromatic amines is 1. The van der Waals surface area contributed by atoms with E-state index in [1.165, 1.54) is 13.2 Å². The van der Waals surface area contributed by atoms with Gasteiger partial charge in [-0.15, -0.1) is 0 Å². The van der Waals surface area contributed by atoms with Crippen LogP contribution in [-0.4, -0.2) is 28.2 Å². The molecule has 1 aliphatic heterocycles. The Morgan fingerprint density at radius 3 is 2.84 bits per heavy atom. The summed E-state index contributed by atoms with van der Waals surface area (Å²) in [5, 5.41) is 0. The number of benzene rings is 1. The number of thioether (sulfide) groups is 1. The van der Waals surface area contributed by atoms with Crippen LogP contribution in [0.25, 0.3) is 11.0 Å². The molecule has 1 aromatic heterocycles. The number of imidazole rings is 1. The number of methoxy groups -OCH3 is 1. The summed E-state index contributed by atoms with van der Waals surface area (Å²) in [5.74, 6) is 2.20. The molecular formula is C13H15FN2OS2. The van der Waals surface area contributed by atoms with Gasteiger partial charge in [-0.3, -0.25) is 0 Å². The first kappa shape index (κ1) is 13.0. The Hall–Kier alpha value is -1.01. The third-order valence-corrected chi connectivity index (χ3v) is 4.89. The lowest BCUT2D eigenvalue weighted by Gasteiger charge is -2.23. The van der Waals surface area contributed by atoms with Gasteiger partial charge in [0.2, 0.25) is 0 Å². The molecular weight excluding hydrogens is 283 g/mol. The molecule has 1 saturated heterocycles. The summed E-state index contributed by atoms with van der Waals surface area (Å²) in [7, 11) is 1.48. The highest BCUT2D eigenvalue weighted by Crippen LogP contribution is 2.32. The lowest BCUT2D eigenvalue weighted by molar-refractivity contribution is 0.387. The van der Waals surface area contributed by atoms with Gasteiger partial charge in [-0.1, -0.05) is 0 Å². The fourth-order valence-electron chi connectivity index (χ4n) is 2.59. The van der Waals surface area contributed by atoms with E-state index in [2.05, 4.69) is 9.55 Å². The van der Waals surface area contributed by atoms with Crippen LogP contribution in [0.2, 0.25) is 0 Å². The van der Waals surface area contributed by atoms with Crippen LogP contribution in [0.3, 0.4) is 0 Å². The van der Waals surface area contributed by atoms with Crippen molar-refractivity contribution in [1.29, 1.82) is 0 Å². The molecule has 0 unspecified atom stereocenters. The number of ether oxygens (including phenoxy) is 1. The van der Waals surface area contributed by atoms with Crippen LogP contribution in [0.5, 0.6) is 5.75 Å². The number of halogens is 1. The lowest BCUT2D eigenvalue weighted by atomic mass is 10.1. The standard InChI is InChI=1S/C13H15FN2OS2/c1-17-12-7-11-10(6-9(12)14)15-13(18)16(11)8-2-4-19-5-3-8/h6-8H,2-5H2,1H3,(H,15,18). The van der Waals surface area contributed by atoms with Crippen LogP contribution in [0.1, 0.15) is 18.9 Å². The van der Waals surface area contributed by atoms with E-state index in [0.29, 0.717) is 10.8 Å². The zero-order chi connectivity index (χ0) is 13.4. The van der Waals surface area contributed by atoms with E-state index in [4.69, 9.17) is 17.0 Å². The van der Waals surface area contributed by atoms with E-state index in [1.54, 1.807) is 6.07 Å². The molecule has 0 aliphatic carbocycles. The second kappa shape index (κ2) is 5.17. The fourth-order valence-corrected chi connectivity index (χ4v) is 4.03. The van der Waals surface area contributed by atoms with Crippen molar-refractivity contribution in [1.82, 2.24) is 9.55 Å². The normalized spacial score (nSPS) is 16.9. The Labute approximate surface area is 120 Å². The molecule has 3 nitrogen and oxygen atoms in total. The summed E-state index contributed by atoms with van der Waals surface area (Å²) in [4.78, 5) is 3.09. The quantitative estimate of drug-likeness (QED) is 0.852. The lowest BCUT2D eigenvalue weighted by Crippen LogP contribution is -2.15. The number of aromatic nitrogens is 2. The predicted molar refractivity (Wildman–Crippen MR) is 79.2 cm³/mol. The van der Waals surface area contributed by atoms with E-state index in [-0.39, 0.29) is 11.6 Å². The Kier molecular flexibility index (Phi) is 3.54. The number of H-pyrrole nitrogens is 1. The van der Waals surface area contributed by atoms with Gasteiger partial charge in [0.05, 0.1) is 18.1 Å². The summed E-state index contributed by atoms with van der Waals surface area (Å²) in [6.07, 6.45) is 2.21. The van der Waals surface area contributed by atoms with Crippen LogP contribution in [-0.2, 0) is 0 Å². The van der Waals surface area contributed by atoms with Crippen molar-refractivity contribution in [2.24, 2.45) is 0 Å². The maximum atomic E-state index is 13.7. The van der Waals surface area contributed by atoms with Crippen molar-refractivity contribution in [3.05, 3.63) is 22.7 Å². The molecule has 102 valence electrons. The predicted octanol–water partition coefficient (Wildman–Crippen LogP) is 3.91. The Morgan fingerprint density at radius 2 is 2.16 bits per heavy atom. The Morgan fingerprint density at radius 1 is 1.42 bits per heavy atom. The van der Waals surface area contributed by atoms with Crippen molar-refractivity contribution < 1.29 is 9.13 Å². The first-order valence-electron chi connectivity index (χ1n) is 6.26. The van der Waals surface area contributed by atoms with Gasteiger partial charge in [0.15, 0.2) is 16.3 Å². The summed E-state index contributed by atoms with van der Waals surface area (Å²) in [6.45, 7) is 0. The van der Waals surface area contributed by atoms with Gasteiger partial charge in [-0.2, -0.15) is 11.8 Å². The maximum Gasteiger partial charge on any atom is 0.178 e. The van der Waals surface area contributed by atoms with Crippen LogP contribution in [0, 0.1) is 10.6 Å². The van der Waals surface area contributed by atoms with E-state index in [1.807, 2.05) is 11.8 Å². The molecule has 0 bridgehead atoms. The minimum Gasteiger partial charge on any atom is -0.494 e. The average Bonchev–Trinajstić information content (AvgIpc) is 2.73. The van der Waals surface area contributed by atoms with Crippen LogP contribution >= 0.6 is 24.0 Å². The molecule has 0 radical (unpaired) electrons. The van der Waals surface area contributed by atoms with E-state index >= 15 is 0 Å². The highest BCUT2D eigenvalue weighted by Gasteiger charge is 2.20. The van der Waals surface area contributed by atoms with Crippen molar-refractivity contribution in [2.45, 2.75) is 18.9 Å². The number of fused-ring (bicyclic) bond motifs is 1. The zero-order valence-electron chi connectivity index (χ0n) is 10.6. The zero-order valence-corrected chi connectivity index (χ0v) is 12.2.